The molecule has 19 heavy (non-hydrogen) atoms. The zero-order valence-corrected chi connectivity index (χ0v) is 12.5. The summed E-state index contributed by atoms with van der Waals surface area (Å²) in [6, 6.07) is 0. The van der Waals surface area contributed by atoms with Gasteiger partial charge in [-0.15, -0.1) is 0 Å². The Morgan fingerprint density at radius 2 is 1.95 bits per heavy atom. The molecule has 0 aliphatic carbocycles. The standard InChI is InChI=1S/C14H28N4O/c1-4-8-16-13(19)5-9-17-14(15-3)18-10-6-12(2)7-11-18/h12H,4-11H2,1-3H3,(H,15,17)(H,16,19). The van der Waals surface area contributed by atoms with E-state index in [2.05, 4.69) is 34.4 Å². The SMILES string of the molecule is CCCNC(=O)CCNC(=NC)N1CCC(C)CC1. The molecule has 2 N–H and O–H groups in total. The van der Waals surface area contributed by atoms with E-state index in [1.807, 2.05) is 0 Å². The van der Waals surface area contributed by atoms with Crippen molar-refractivity contribution in [1.82, 2.24) is 15.5 Å². The van der Waals surface area contributed by atoms with Crippen LogP contribution in [0.25, 0.3) is 0 Å². The number of carbonyl (C=O) groups excluding carboxylic acids is 1. The van der Waals surface area contributed by atoms with E-state index in [1.165, 1.54) is 12.8 Å². The first-order valence-corrected chi connectivity index (χ1v) is 7.39. The molecular weight excluding hydrogens is 240 g/mol. The molecule has 1 rings (SSSR count). The number of carbonyl (C=O) groups is 1. The largest absolute Gasteiger partial charge is 0.356 e. The van der Waals surface area contributed by atoms with E-state index in [4.69, 9.17) is 0 Å². The highest BCUT2D eigenvalue weighted by molar-refractivity contribution is 5.81. The third kappa shape index (κ3) is 5.94. The van der Waals surface area contributed by atoms with E-state index >= 15 is 0 Å². The van der Waals surface area contributed by atoms with E-state index < -0.39 is 0 Å². The van der Waals surface area contributed by atoms with Crippen molar-refractivity contribution in [2.45, 2.75) is 39.5 Å². The summed E-state index contributed by atoms with van der Waals surface area (Å²) in [5.74, 6) is 1.85. The monoisotopic (exact) mass is 268 g/mol. The lowest BCUT2D eigenvalue weighted by atomic mass is 10.00. The first-order valence-electron chi connectivity index (χ1n) is 7.39. The lowest BCUT2D eigenvalue weighted by Gasteiger charge is -2.32. The molecule has 0 aromatic rings. The molecule has 0 saturated carbocycles. The Kier molecular flexibility index (Phi) is 7.30. The molecule has 1 fully saturated rings. The van der Waals surface area contributed by atoms with Gasteiger partial charge < -0.3 is 15.5 Å². The van der Waals surface area contributed by atoms with Gasteiger partial charge in [0.2, 0.25) is 5.91 Å². The number of guanidine groups is 1. The van der Waals surface area contributed by atoms with Crippen LogP contribution in [0.2, 0.25) is 0 Å². The minimum Gasteiger partial charge on any atom is -0.356 e. The van der Waals surface area contributed by atoms with E-state index in [9.17, 15) is 4.79 Å². The number of rotatable bonds is 5. The Balaban J connectivity index is 2.24. The minimum absolute atomic E-state index is 0.108. The van der Waals surface area contributed by atoms with Crippen LogP contribution < -0.4 is 10.6 Å². The maximum absolute atomic E-state index is 11.5. The predicted molar refractivity (Wildman–Crippen MR) is 79.3 cm³/mol. The summed E-state index contributed by atoms with van der Waals surface area (Å²) >= 11 is 0. The lowest BCUT2D eigenvalue weighted by Crippen LogP contribution is -2.46. The summed E-state index contributed by atoms with van der Waals surface area (Å²) in [4.78, 5) is 18.1. The fraction of sp³-hybridized carbons (Fsp3) is 0.857. The molecule has 1 amide bonds. The van der Waals surface area contributed by atoms with Crippen molar-refractivity contribution in [1.29, 1.82) is 0 Å². The van der Waals surface area contributed by atoms with Crippen LogP contribution in [0, 0.1) is 5.92 Å². The summed E-state index contributed by atoms with van der Waals surface area (Å²) in [5, 5.41) is 6.15. The fourth-order valence-electron chi connectivity index (χ4n) is 2.19. The van der Waals surface area contributed by atoms with Crippen LogP contribution >= 0.6 is 0 Å². The molecule has 0 aromatic carbocycles. The first kappa shape index (κ1) is 15.8. The van der Waals surface area contributed by atoms with Crippen molar-refractivity contribution < 1.29 is 4.79 Å². The van der Waals surface area contributed by atoms with Gasteiger partial charge in [0.15, 0.2) is 5.96 Å². The van der Waals surface area contributed by atoms with Crippen molar-refractivity contribution in [2.75, 3.05) is 33.2 Å². The number of nitrogens with one attached hydrogen (secondary N) is 2. The minimum atomic E-state index is 0.108. The Morgan fingerprint density at radius 3 is 2.53 bits per heavy atom. The second-order valence-electron chi connectivity index (χ2n) is 5.24. The van der Waals surface area contributed by atoms with Crippen molar-refractivity contribution in [3.63, 3.8) is 0 Å². The molecule has 0 atom stereocenters. The Hall–Kier alpha value is -1.26. The van der Waals surface area contributed by atoms with E-state index in [1.54, 1.807) is 7.05 Å². The molecule has 0 unspecified atom stereocenters. The zero-order chi connectivity index (χ0) is 14.1. The number of aliphatic imine (C=N–C) groups is 1. The average Bonchev–Trinajstić information content (AvgIpc) is 2.42. The smallest absolute Gasteiger partial charge is 0.221 e. The highest BCUT2D eigenvalue weighted by atomic mass is 16.1. The van der Waals surface area contributed by atoms with E-state index in [0.29, 0.717) is 13.0 Å². The highest BCUT2D eigenvalue weighted by Crippen LogP contribution is 2.15. The van der Waals surface area contributed by atoms with Crippen LogP contribution in [-0.2, 0) is 4.79 Å². The molecule has 5 heteroatoms. The normalized spacial score (nSPS) is 17.4. The molecular formula is C14H28N4O. The second-order valence-corrected chi connectivity index (χ2v) is 5.24. The van der Waals surface area contributed by atoms with Gasteiger partial charge in [-0.05, 0) is 25.2 Å². The first-order chi connectivity index (χ1) is 9.17. The van der Waals surface area contributed by atoms with Gasteiger partial charge in [-0.25, -0.2) is 0 Å². The van der Waals surface area contributed by atoms with Crippen LogP contribution in [0.3, 0.4) is 0 Å². The highest BCUT2D eigenvalue weighted by Gasteiger charge is 2.18. The molecule has 1 aliphatic heterocycles. The van der Waals surface area contributed by atoms with Crippen LogP contribution in [0.1, 0.15) is 39.5 Å². The molecule has 0 bridgehead atoms. The summed E-state index contributed by atoms with van der Waals surface area (Å²) in [7, 11) is 1.80. The molecule has 1 heterocycles. The van der Waals surface area contributed by atoms with E-state index in [-0.39, 0.29) is 5.91 Å². The molecule has 0 spiro atoms. The fourth-order valence-corrected chi connectivity index (χ4v) is 2.19. The quantitative estimate of drug-likeness (QED) is 0.582. The van der Waals surface area contributed by atoms with Gasteiger partial charge in [0.1, 0.15) is 0 Å². The number of hydrogen-bond acceptors (Lipinski definition) is 2. The van der Waals surface area contributed by atoms with Crippen LogP contribution in [0.5, 0.6) is 0 Å². The van der Waals surface area contributed by atoms with Crippen molar-refractivity contribution in [3.8, 4) is 0 Å². The summed E-state index contributed by atoms with van der Waals surface area (Å²) < 4.78 is 0. The Morgan fingerprint density at radius 1 is 1.26 bits per heavy atom. The number of nitrogens with zero attached hydrogens (tertiary/aromatic N) is 2. The van der Waals surface area contributed by atoms with Gasteiger partial charge in [0.05, 0.1) is 0 Å². The number of likely N-dealkylation sites (tertiary alicyclic amines) is 1. The van der Waals surface area contributed by atoms with Crippen molar-refractivity contribution in [3.05, 3.63) is 0 Å². The second kappa shape index (κ2) is 8.77. The van der Waals surface area contributed by atoms with Crippen LogP contribution in [-0.4, -0.2) is 50.0 Å². The van der Waals surface area contributed by atoms with Gasteiger partial charge >= 0.3 is 0 Å². The topological polar surface area (TPSA) is 56.7 Å². The average molecular weight is 268 g/mol. The lowest BCUT2D eigenvalue weighted by molar-refractivity contribution is -0.120. The number of piperidine rings is 1. The Bertz CT molecular complexity index is 296. The maximum atomic E-state index is 11.5. The van der Waals surface area contributed by atoms with Gasteiger partial charge in [-0.2, -0.15) is 0 Å². The molecule has 1 aliphatic rings. The third-order valence-electron chi connectivity index (χ3n) is 3.50. The van der Waals surface area contributed by atoms with E-state index in [0.717, 1.165) is 37.9 Å². The number of amides is 1. The molecule has 5 nitrogen and oxygen atoms in total. The molecule has 0 aromatic heterocycles. The zero-order valence-electron chi connectivity index (χ0n) is 12.5. The predicted octanol–water partition coefficient (Wildman–Crippen LogP) is 1.21. The molecule has 110 valence electrons. The summed E-state index contributed by atoms with van der Waals surface area (Å²) in [6.45, 7) is 7.88. The van der Waals surface area contributed by atoms with Crippen molar-refractivity contribution in [2.24, 2.45) is 10.9 Å². The summed E-state index contributed by atoms with van der Waals surface area (Å²) in [5.41, 5.74) is 0. The van der Waals surface area contributed by atoms with Crippen molar-refractivity contribution >= 4 is 11.9 Å². The van der Waals surface area contributed by atoms with Gasteiger partial charge in [-0.3, -0.25) is 9.79 Å². The summed E-state index contributed by atoms with van der Waals surface area (Å²) in [6.07, 6.45) is 3.92. The van der Waals surface area contributed by atoms with Gasteiger partial charge in [0.25, 0.3) is 0 Å². The third-order valence-corrected chi connectivity index (χ3v) is 3.50. The van der Waals surface area contributed by atoms with Gasteiger partial charge in [-0.1, -0.05) is 13.8 Å². The molecule has 1 saturated heterocycles. The Labute approximate surface area is 116 Å². The molecule has 0 radical (unpaired) electrons. The van der Waals surface area contributed by atoms with Crippen LogP contribution in [0.4, 0.5) is 0 Å². The maximum Gasteiger partial charge on any atom is 0.221 e. The van der Waals surface area contributed by atoms with Gasteiger partial charge in [0, 0.05) is 39.6 Å². The number of hydrogen-bond donors (Lipinski definition) is 2. The van der Waals surface area contributed by atoms with Crippen LogP contribution in [0.15, 0.2) is 4.99 Å².